The normalized spacial score (nSPS) is 12.3. The number of carboxylic acid groups (broad SMARTS) is 1. The maximum absolute atomic E-state index is 10.8. The standard InChI is InChI=1S/C27H24N2O2/c1-3-23(20-7-5-4-6-8-20)27(21-12-9-19(10-13-21)11-16-26(30)31)22-14-15-24-25(17-22)29-18(2)28-24/h4-17H,3H2,1-2H3,(H,28,29)(H,30,31)/b16-11+,27-23+. The average molecular weight is 409 g/mol. The third-order valence-electron chi connectivity index (χ3n) is 5.28. The number of rotatable bonds is 6. The molecule has 4 rings (SSSR count). The Balaban J connectivity index is 1.90. The van der Waals surface area contributed by atoms with Crippen LogP contribution in [0.1, 0.15) is 41.4 Å². The Labute approximate surface area is 181 Å². The van der Waals surface area contributed by atoms with Gasteiger partial charge in [0.1, 0.15) is 5.82 Å². The molecule has 0 amide bonds. The van der Waals surface area contributed by atoms with Crippen LogP contribution in [0.15, 0.2) is 78.9 Å². The number of allylic oxidation sites excluding steroid dienone is 1. The number of hydrogen-bond acceptors (Lipinski definition) is 2. The minimum absolute atomic E-state index is 0.850. The van der Waals surface area contributed by atoms with Gasteiger partial charge >= 0.3 is 5.97 Å². The second-order valence-corrected chi connectivity index (χ2v) is 7.42. The first-order valence-electron chi connectivity index (χ1n) is 10.3. The molecule has 154 valence electrons. The third-order valence-corrected chi connectivity index (χ3v) is 5.28. The number of hydrogen-bond donors (Lipinski definition) is 2. The van der Waals surface area contributed by atoms with E-state index in [0.29, 0.717) is 0 Å². The van der Waals surface area contributed by atoms with Crippen molar-refractivity contribution in [2.45, 2.75) is 20.3 Å². The van der Waals surface area contributed by atoms with E-state index >= 15 is 0 Å². The molecule has 0 aliphatic carbocycles. The Hall–Kier alpha value is -3.92. The van der Waals surface area contributed by atoms with Crippen LogP contribution in [0.4, 0.5) is 0 Å². The number of aromatic amines is 1. The summed E-state index contributed by atoms with van der Waals surface area (Å²) < 4.78 is 0. The predicted molar refractivity (Wildman–Crippen MR) is 127 cm³/mol. The van der Waals surface area contributed by atoms with E-state index in [1.807, 2.05) is 25.1 Å². The topological polar surface area (TPSA) is 66.0 Å². The zero-order chi connectivity index (χ0) is 21.8. The van der Waals surface area contributed by atoms with Crippen molar-refractivity contribution < 1.29 is 9.90 Å². The van der Waals surface area contributed by atoms with Crippen molar-refractivity contribution in [2.24, 2.45) is 0 Å². The lowest BCUT2D eigenvalue weighted by Crippen LogP contribution is -1.95. The Kier molecular flexibility index (Phi) is 5.80. The van der Waals surface area contributed by atoms with Gasteiger partial charge in [-0.05, 0) is 65.0 Å². The number of H-pyrrole nitrogens is 1. The van der Waals surface area contributed by atoms with Crippen LogP contribution in [-0.2, 0) is 4.79 Å². The number of carboxylic acids is 1. The van der Waals surface area contributed by atoms with Crippen molar-refractivity contribution in [1.29, 1.82) is 0 Å². The van der Waals surface area contributed by atoms with E-state index in [1.165, 1.54) is 11.1 Å². The molecule has 4 aromatic rings. The lowest BCUT2D eigenvalue weighted by Gasteiger charge is -2.16. The molecule has 1 aromatic heterocycles. The summed E-state index contributed by atoms with van der Waals surface area (Å²) in [7, 11) is 0. The third kappa shape index (κ3) is 4.48. The van der Waals surface area contributed by atoms with Crippen LogP contribution < -0.4 is 0 Å². The van der Waals surface area contributed by atoms with Crippen molar-refractivity contribution in [1.82, 2.24) is 9.97 Å². The van der Waals surface area contributed by atoms with Crippen LogP contribution in [0.3, 0.4) is 0 Å². The SMILES string of the molecule is CC/C(=C(/c1ccc(/C=C/C(=O)O)cc1)c1ccc2nc(C)[nH]c2c1)c1ccccc1. The summed E-state index contributed by atoms with van der Waals surface area (Å²) in [5.74, 6) is -0.0591. The largest absolute Gasteiger partial charge is 0.478 e. The lowest BCUT2D eigenvalue weighted by atomic mass is 9.88. The van der Waals surface area contributed by atoms with Crippen molar-refractivity contribution in [3.63, 3.8) is 0 Å². The molecule has 0 spiro atoms. The first kappa shape index (κ1) is 20.4. The number of fused-ring (bicyclic) bond motifs is 1. The van der Waals surface area contributed by atoms with Crippen molar-refractivity contribution in [3.8, 4) is 0 Å². The van der Waals surface area contributed by atoms with E-state index in [4.69, 9.17) is 5.11 Å². The van der Waals surface area contributed by atoms with Crippen LogP contribution in [0, 0.1) is 6.92 Å². The summed E-state index contributed by atoms with van der Waals surface area (Å²) in [6.45, 7) is 4.13. The molecule has 0 fully saturated rings. The number of carbonyl (C=O) groups is 1. The molecule has 0 bridgehead atoms. The summed E-state index contributed by atoms with van der Waals surface area (Å²) in [4.78, 5) is 18.7. The first-order valence-corrected chi connectivity index (χ1v) is 10.3. The summed E-state index contributed by atoms with van der Waals surface area (Å²) >= 11 is 0. The smallest absolute Gasteiger partial charge is 0.328 e. The molecule has 3 aromatic carbocycles. The van der Waals surface area contributed by atoms with Gasteiger partial charge in [-0.25, -0.2) is 9.78 Å². The highest BCUT2D eigenvalue weighted by atomic mass is 16.4. The van der Waals surface area contributed by atoms with Crippen molar-refractivity contribution in [2.75, 3.05) is 0 Å². The van der Waals surface area contributed by atoms with E-state index in [9.17, 15) is 4.79 Å². The molecular weight excluding hydrogens is 384 g/mol. The predicted octanol–water partition coefficient (Wildman–Crippen LogP) is 6.34. The van der Waals surface area contributed by atoms with Gasteiger partial charge in [-0.3, -0.25) is 0 Å². The molecule has 0 saturated carbocycles. The van der Waals surface area contributed by atoms with E-state index in [-0.39, 0.29) is 0 Å². The zero-order valence-electron chi connectivity index (χ0n) is 17.6. The number of imidazole rings is 1. The van der Waals surface area contributed by atoms with Crippen LogP contribution in [0.25, 0.3) is 28.3 Å². The fourth-order valence-electron chi connectivity index (χ4n) is 3.90. The Morgan fingerprint density at radius 2 is 1.68 bits per heavy atom. The van der Waals surface area contributed by atoms with Gasteiger partial charge in [0.2, 0.25) is 0 Å². The van der Waals surface area contributed by atoms with Gasteiger partial charge in [0, 0.05) is 6.08 Å². The molecule has 0 atom stereocenters. The number of aromatic nitrogens is 2. The van der Waals surface area contributed by atoms with Crippen LogP contribution in [0.5, 0.6) is 0 Å². The summed E-state index contributed by atoms with van der Waals surface area (Å²) in [5, 5.41) is 8.88. The first-order chi connectivity index (χ1) is 15.0. The summed E-state index contributed by atoms with van der Waals surface area (Å²) in [5.41, 5.74) is 8.62. The van der Waals surface area contributed by atoms with Gasteiger partial charge < -0.3 is 10.1 Å². The minimum Gasteiger partial charge on any atom is -0.478 e. The molecule has 4 nitrogen and oxygen atoms in total. The molecule has 0 unspecified atom stereocenters. The van der Waals surface area contributed by atoms with Gasteiger partial charge in [-0.1, -0.05) is 67.6 Å². The van der Waals surface area contributed by atoms with E-state index in [1.54, 1.807) is 6.08 Å². The van der Waals surface area contributed by atoms with E-state index in [0.717, 1.165) is 51.6 Å². The minimum atomic E-state index is -0.954. The Morgan fingerprint density at radius 1 is 0.968 bits per heavy atom. The number of aliphatic carboxylic acids is 1. The number of aryl methyl sites for hydroxylation is 1. The molecule has 0 aliphatic rings. The number of nitrogens with one attached hydrogen (secondary N) is 1. The quantitative estimate of drug-likeness (QED) is 0.289. The maximum atomic E-state index is 10.8. The van der Waals surface area contributed by atoms with Crippen molar-refractivity contribution in [3.05, 3.63) is 107 Å². The molecule has 0 radical (unpaired) electrons. The monoisotopic (exact) mass is 408 g/mol. The van der Waals surface area contributed by atoms with Gasteiger partial charge in [-0.2, -0.15) is 0 Å². The lowest BCUT2D eigenvalue weighted by molar-refractivity contribution is -0.131. The molecule has 0 aliphatic heterocycles. The Morgan fingerprint density at radius 3 is 2.35 bits per heavy atom. The van der Waals surface area contributed by atoms with Crippen LogP contribution in [0.2, 0.25) is 0 Å². The van der Waals surface area contributed by atoms with Gasteiger partial charge in [0.15, 0.2) is 0 Å². The second-order valence-electron chi connectivity index (χ2n) is 7.42. The van der Waals surface area contributed by atoms with Crippen LogP contribution >= 0.6 is 0 Å². The number of nitrogens with zero attached hydrogens (tertiary/aromatic N) is 1. The molecule has 2 N–H and O–H groups in total. The summed E-state index contributed by atoms with van der Waals surface area (Å²) in [6.07, 6.45) is 3.63. The fourth-order valence-corrected chi connectivity index (χ4v) is 3.90. The van der Waals surface area contributed by atoms with Crippen molar-refractivity contribution >= 4 is 34.2 Å². The summed E-state index contributed by atoms with van der Waals surface area (Å²) in [6, 6.07) is 24.8. The maximum Gasteiger partial charge on any atom is 0.328 e. The highest BCUT2D eigenvalue weighted by molar-refractivity contribution is 6.00. The Bertz CT molecular complexity index is 1280. The van der Waals surface area contributed by atoms with Crippen LogP contribution in [-0.4, -0.2) is 21.0 Å². The molecular formula is C27H24N2O2. The molecule has 4 heteroatoms. The molecule has 1 heterocycles. The molecule has 31 heavy (non-hydrogen) atoms. The van der Waals surface area contributed by atoms with E-state index in [2.05, 4.69) is 71.5 Å². The number of benzene rings is 3. The second kappa shape index (κ2) is 8.84. The highest BCUT2D eigenvalue weighted by Gasteiger charge is 2.14. The van der Waals surface area contributed by atoms with Gasteiger partial charge in [0.25, 0.3) is 0 Å². The average Bonchev–Trinajstić information content (AvgIpc) is 3.16. The highest BCUT2D eigenvalue weighted by Crippen LogP contribution is 2.35. The van der Waals surface area contributed by atoms with Gasteiger partial charge in [0.05, 0.1) is 11.0 Å². The molecule has 0 saturated heterocycles. The zero-order valence-corrected chi connectivity index (χ0v) is 17.6. The fraction of sp³-hybridized carbons (Fsp3) is 0.111. The van der Waals surface area contributed by atoms with Gasteiger partial charge in [-0.15, -0.1) is 0 Å². The van der Waals surface area contributed by atoms with E-state index < -0.39 is 5.97 Å².